The first-order valence-electron chi connectivity index (χ1n) is 8.76. The number of rotatable bonds is 3. The molecule has 0 bridgehead atoms. The van der Waals surface area contributed by atoms with Crippen LogP contribution in [-0.2, 0) is 22.4 Å². The van der Waals surface area contributed by atoms with Crippen LogP contribution in [0, 0.1) is 12.8 Å². The average molecular weight is 335 g/mol. The third-order valence-corrected chi connectivity index (χ3v) is 5.14. The zero-order valence-corrected chi connectivity index (χ0v) is 14.3. The van der Waals surface area contributed by atoms with Gasteiger partial charge in [0.2, 0.25) is 11.8 Å². The summed E-state index contributed by atoms with van der Waals surface area (Å²) in [5, 5.41) is 2.86. The van der Waals surface area contributed by atoms with E-state index in [0.717, 1.165) is 24.1 Å². The summed E-state index contributed by atoms with van der Waals surface area (Å²) >= 11 is 0. The van der Waals surface area contributed by atoms with Crippen molar-refractivity contribution in [3.63, 3.8) is 0 Å². The van der Waals surface area contributed by atoms with Crippen LogP contribution < -0.4 is 10.2 Å². The van der Waals surface area contributed by atoms with Gasteiger partial charge in [-0.15, -0.1) is 0 Å². The Morgan fingerprint density at radius 3 is 2.92 bits per heavy atom. The maximum atomic E-state index is 12.5. The van der Waals surface area contributed by atoms with Gasteiger partial charge in [-0.3, -0.25) is 9.59 Å². The van der Waals surface area contributed by atoms with Gasteiger partial charge in [-0.1, -0.05) is 12.1 Å². The highest BCUT2D eigenvalue weighted by molar-refractivity contribution is 6.03. The fourth-order valence-electron chi connectivity index (χ4n) is 3.69. The number of fused-ring (bicyclic) bond motifs is 1. The lowest BCUT2D eigenvalue weighted by Crippen LogP contribution is -2.28. The van der Waals surface area contributed by atoms with Crippen molar-refractivity contribution in [2.45, 2.75) is 32.6 Å². The van der Waals surface area contributed by atoms with Crippen LogP contribution >= 0.6 is 0 Å². The maximum absolute atomic E-state index is 12.5. The highest BCUT2D eigenvalue weighted by Gasteiger charge is 2.35. The van der Waals surface area contributed by atoms with Gasteiger partial charge in [-0.05, 0) is 61.1 Å². The molecule has 0 spiro atoms. The molecule has 4 rings (SSSR count). The van der Waals surface area contributed by atoms with Crippen LogP contribution in [0.4, 0.5) is 11.5 Å². The van der Waals surface area contributed by atoms with Crippen molar-refractivity contribution in [3.05, 3.63) is 53.2 Å². The van der Waals surface area contributed by atoms with E-state index in [0.29, 0.717) is 12.4 Å². The van der Waals surface area contributed by atoms with Crippen LogP contribution in [0.2, 0.25) is 0 Å². The van der Waals surface area contributed by atoms with Gasteiger partial charge in [-0.2, -0.15) is 0 Å². The van der Waals surface area contributed by atoms with Gasteiger partial charge in [-0.25, -0.2) is 4.98 Å². The monoisotopic (exact) mass is 335 g/mol. The molecule has 1 atom stereocenters. The predicted octanol–water partition coefficient (Wildman–Crippen LogP) is 2.87. The van der Waals surface area contributed by atoms with Crippen molar-refractivity contribution in [2.24, 2.45) is 5.92 Å². The molecule has 1 aromatic heterocycles. The Balaban J connectivity index is 1.48. The van der Waals surface area contributed by atoms with E-state index >= 15 is 0 Å². The third kappa shape index (κ3) is 3.02. The summed E-state index contributed by atoms with van der Waals surface area (Å²) in [6.45, 7) is 2.33. The number of aryl methyl sites for hydroxylation is 3. The first-order chi connectivity index (χ1) is 12.1. The molecule has 5 nitrogen and oxygen atoms in total. The van der Waals surface area contributed by atoms with E-state index in [1.54, 1.807) is 11.1 Å². The molecule has 2 heterocycles. The molecule has 25 heavy (non-hydrogen) atoms. The molecule has 2 aromatic rings. The van der Waals surface area contributed by atoms with Gasteiger partial charge in [0.05, 0.1) is 5.92 Å². The molecular weight excluding hydrogens is 314 g/mol. The van der Waals surface area contributed by atoms with E-state index < -0.39 is 0 Å². The number of amides is 2. The summed E-state index contributed by atoms with van der Waals surface area (Å²) in [6, 6.07) is 9.98. The summed E-state index contributed by atoms with van der Waals surface area (Å²) in [7, 11) is 0. The number of nitrogens with zero attached hydrogens (tertiary/aromatic N) is 2. The summed E-state index contributed by atoms with van der Waals surface area (Å²) in [4.78, 5) is 30.9. The zero-order chi connectivity index (χ0) is 17.4. The van der Waals surface area contributed by atoms with E-state index in [9.17, 15) is 9.59 Å². The van der Waals surface area contributed by atoms with Crippen molar-refractivity contribution in [1.82, 2.24) is 4.98 Å². The lowest BCUT2D eigenvalue weighted by atomic mass is 10.1. The number of benzene rings is 1. The quantitative estimate of drug-likeness (QED) is 0.938. The Morgan fingerprint density at radius 2 is 2.08 bits per heavy atom. The van der Waals surface area contributed by atoms with Crippen LogP contribution in [0.25, 0.3) is 0 Å². The number of nitrogens with one attached hydrogen (secondary N) is 1. The largest absolute Gasteiger partial charge is 0.312 e. The van der Waals surface area contributed by atoms with Crippen LogP contribution in [0.15, 0.2) is 36.5 Å². The van der Waals surface area contributed by atoms with Crippen molar-refractivity contribution in [1.29, 1.82) is 0 Å². The molecule has 2 aliphatic rings. The SMILES string of the molecule is Cc1cccnc1NC(=O)[C@@H]1CC(=O)N(c2ccc3c(c2)CCC3)C1. The Morgan fingerprint density at radius 1 is 1.24 bits per heavy atom. The summed E-state index contributed by atoms with van der Waals surface area (Å²) in [5.41, 5.74) is 4.54. The first kappa shape index (κ1) is 15.8. The van der Waals surface area contributed by atoms with Gasteiger partial charge < -0.3 is 10.2 Å². The van der Waals surface area contributed by atoms with Gasteiger partial charge in [0, 0.05) is 24.8 Å². The van der Waals surface area contributed by atoms with Gasteiger partial charge in [0.25, 0.3) is 0 Å². The normalized spacial score (nSPS) is 19.2. The fourth-order valence-corrected chi connectivity index (χ4v) is 3.69. The molecule has 1 aliphatic heterocycles. The Kier molecular flexibility index (Phi) is 3.99. The molecule has 5 heteroatoms. The van der Waals surface area contributed by atoms with E-state index in [2.05, 4.69) is 22.4 Å². The molecule has 0 unspecified atom stereocenters. The average Bonchev–Trinajstić information content (AvgIpc) is 3.22. The van der Waals surface area contributed by atoms with Crippen LogP contribution in [0.1, 0.15) is 29.5 Å². The topological polar surface area (TPSA) is 62.3 Å². The zero-order valence-electron chi connectivity index (χ0n) is 14.3. The Hall–Kier alpha value is -2.69. The lowest BCUT2D eigenvalue weighted by Gasteiger charge is -2.18. The number of pyridine rings is 1. The third-order valence-electron chi connectivity index (χ3n) is 5.14. The van der Waals surface area contributed by atoms with Crippen molar-refractivity contribution >= 4 is 23.3 Å². The molecule has 128 valence electrons. The molecule has 1 aromatic carbocycles. The number of aromatic nitrogens is 1. The van der Waals surface area contributed by atoms with Crippen LogP contribution in [0.3, 0.4) is 0 Å². The molecule has 1 N–H and O–H groups in total. The predicted molar refractivity (Wildman–Crippen MR) is 96.5 cm³/mol. The van der Waals surface area contributed by atoms with E-state index in [1.807, 2.05) is 25.1 Å². The van der Waals surface area contributed by atoms with E-state index in [4.69, 9.17) is 0 Å². The Bertz CT molecular complexity index is 847. The van der Waals surface area contributed by atoms with Crippen LogP contribution in [0.5, 0.6) is 0 Å². The molecule has 1 fully saturated rings. The standard InChI is InChI=1S/C20H21N3O2/c1-13-4-3-9-21-19(13)22-20(25)16-11-18(24)23(12-16)17-8-7-14-5-2-6-15(14)10-17/h3-4,7-10,16H,2,5-6,11-12H2,1H3,(H,21,22,25)/t16-/m1/s1. The highest BCUT2D eigenvalue weighted by Crippen LogP contribution is 2.31. The van der Waals surface area contributed by atoms with Crippen molar-refractivity contribution in [2.75, 3.05) is 16.8 Å². The van der Waals surface area contributed by atoms with Gasteiger partial charge >= 0.3 is 0 Å². The van der Waals surface area contributed by atoms with Crippen molar-refractivity contribution < 1.29 is 9.59 Å². The maximum Gasteiger partial charge on any atom is 0.230 e. The van der Waals surface area contributed by atoms with Crippen LogP contribution in [-0.4, -0.2) is 23.3 Å². The molecule has 0 saturated carbocycles. The van der Waals surface area contributed by atoms with Gasteiger partial charge in [0.15, 0.2) is 0 Å². The minimum Gasteiger partial charge on any atom is -0.312 e. The summed E-state index contributed by atoms with van der Waals surface area (Å²) in [5.74, 6) is 0.0905. The molecule has 1 saturated heterocycles. The number of carbonyl (C=O) groups is 2. The minimum absolute atomic E-state index is 0.0100. The van der Waals surface area contributed by atoms with Crippen molar-refractivity contribution in [3.8, 4) is 0 Å². The minimum atomic E-state index is -0.345. The van der Waals surface area contributed by atoms with Gasteiger partial charge in [0.1, 0.15) is 5.82 Å². The molecule has 0 radical (unpaired) electrons. The second kappa shape index (κ2) is 6.31. The van der Waals surface area contributed by atoms with E-state index in [-0.39, 0.29) is 24.2 Å². The lowest BCUT2D eigenvalue weighted by molar-refractivity contribution is -0.122. The number of carbonyl (C=O) groups excluding carboxylic acids is 2. The molecular formula is C20H21N3O2. The number of hydrogen-bond donors (Lipinski definition) is 1. The summed E-state index contributed by atoms with van der Waals surface area (Å²) < 4.78 is 0. The smallest absolute Gasteiger partial charge is 0.230 e. The Labute approximate surface area is 147 Å². The summed E-state index contributed by atoms with van der Waals surface area (Å²) in [6.07, 6.45) is 5.28. The first-order valence-corrected chi connectivity index (χ1v) is 8.76. The molecule has 1 aliphatic carbocycles. The van der Waals surface area contributed by atoms with E-state index in [1.165, 1.54) is 17.5 Å². The fraction of sp³-hybridized carbons (Fsp3) is 0.350. The number of anilines is 2. The second-order valence-corrected chi connectivity index (χ2v) is 6.87. The second-order valence-electron chi connectivity index (χ2n) is 6.87. The highest BCUT2D eigenvalue weighted by atomic mass is 16.2. The number of hydrogen-bond acceptors (Lipinski definition) is 3. The molecule has 2 amide bonds.